The summed E-state index contributed by atoms with van der Waals surface area (Å²) in [6.45, 7) is 0. The minimum absolute atomic E-state index is 0.0654. The van der Waals surface area contributed by atoms with Gasteiger partial charge in [-0.1, -0.05) is 0 Å². The lowest BCUT2D eigenvalue weighted by atomic mass is 9.93. The molecule has 1 atom stereocenters. The van der Waals surface area contributed by atoms with Crippen LogP contribution in [-0.4, -0.2) is 37.9 Å². The van der Waals surface area contributed by atoms with E-state index in [9.17, 15) is 9.59 Å². The Morgan fingerprint density at radius 3 is 2.68 bits per heavy atom. The molecule has 0 saturated carbocycles. The quantitative estimate of drug-likeness (QED) is 0.901. The molecule has 6 nitrogen and oxygen atoms in total. The summed E-state index contributed by atoms with van der Waals surface area (Å²) in [5.74, 6) is 0.817. The van der Waals surface area contributed by atoms with E-state index in [1.165, 1.54) is 6.20 Å². The zero-order chi connectivity index (χ0) is 18.0. The van der Waals surface area contributed by atoms with Gasteiger partial charge in [0.1, 0.15) is 0 Å². The summed E-state index contributed by atoms with van der Waals surface area (Å²) in [7, 11) is 4.70. The third-order valence-corrected chi connectivity index (χ3v) is 4.56. The first-order valence-corrected chi connectivity index (χ1v) is 8.03. The average molecular weight is 340 g/mol. The van der Waals surface area contributed by atoms with Gasteiger partial charge in [-0.05, 0) is 42.2 Å². The number of aromatic nitrogens is 1. The number of hydrogen-bond donors (Lipinski definition) is 1. The van der Waals surface area contributed by atoms with E-state index >= 15 is 0 Å². The number of benzene rings is 1. The zero-order valence-corrected chi connectivity index (χ0v) is 14.5. The van der Waals surface area contributed by atoms with Gasteiger partial charge in [-0.15, -0.1) is 0 Å². The van der Waals surface area contributed by atoms with E-state index < -0.39 is 0 Å². The van der Waals surface area contributed by atoms with E-state index in [4.69, 9.17) is 9.47 Å². The first kappa shape index (κ1) is 17.0. The van der Waals surface area contributed by atoms with Crippen molar-refractivity contribution in [2.75, 3.05) is 21.3 Å². The van der Waals surface area contributed by atoms with Crippen LogP contribution >= 0.6 is 0 Å². The van der Waals surface area contributed by atoms with Crippen LogP contribution in [0.4, 0.5) is 0 Å². The summed E-state index contributed by atoms with van der Waals surface area (Å²) >= 11 is 0. The maximum atomic E-state index is 12.8. The second kappa shape index (κ2) is 6.93. The summed E-state index contributed by atoms with van der Waals surface area (Å²) < 4.78 is 10.6. The minimum atomic E-state index is -0.211. The number of methoxy groups -OCH3 is 2. The highest BCUT2D eigenvalue weighted by Crippen LogP contribution is 2.37. The fourth-order valence-electron chi connectivity index (χ4n) is 3.27. The standard InChI is InChI=1S/C19H20N2O4/c1-20-19(23)15-10-21-5-4-11(15)6-13-7-12-8-16(24-2)17(25-3)9-14(12)18(13)22/h4-5,8-10,13H,6-7H2,1-3H3,(H,20,23). The number of carbonyl (C=O) groups excluding carboxylic acids is 2. The molecular formula is C19H20N2O4. The highest BCUT2D eigenvalue weighted by atomic mass is 16.5. The summed E-state index contributed by atoms with van der Waals surface area (Å²) in [6.07, 6.45) is 4.28. The van der Waals surface area contributed by atoms with Crippen molar-refractivity contribution in [3.63, 3.8) is 0 Å². The van der Waals surface area contributed by atoms with E-state index in [2.05, 4.69) is 10.3 Å². The molecule has 0 aliphatic heterocycles. The molecule has 0 spiro atoms. The monoisotopic (exact) mass is 340 g/mol. The van der Waals surface area contributed by atoms with Gasteiger partial charge in [-0.25, -0.2) is 0 Å². The van der Waals surface area contributed by atoms with Gasteiger partial charge < -0.3 is 14.8 Å². The molecule has 0 bridgehead atoms. The normalized spacial score (nSPS) is 15.6. The molecule has 3 rings (SSSR count). The van der Waals surface area contributed by atoms with Gasteiger partial charge in [0, 0.05) is 30.9 Å². The number of hydrogen-bond acceptors (Lipinski definition) is 5. The van der Waals surface area contributed by atoms with Crippen molar-refractivity contribution in [1.82, 2.24) is 10.3 Å². The Labute approximate surface area is 146 Å². The molecule has 1 unspecified atom stereocenters. The van der Waals surface area contributed by atoms with Crippen LogP contribution in [0.15, 0.2) is 30.6 Å². The summed E-state index contributed by atoms with van der Waals surface area (Å²) in [6, 6.07) is 5.39. The van der Waals surface area contributed by atoms with Crippen molar-refractivity contribution in [2.45, 2.75) is 12.8 Å². The van der Waals surface area contributed by atoms with Gasteiger partial charge in [0.05, 0.1) is 19.8 Å². The van der Waals surface area contributed by atoms with Gasteiger partial charge in [0.25, 0.3) is 5.91 Å². The van der Waals surface area contributed by atoms with Crippen LogP contribution in [0.1, 0.15) is 31.8 Å². The summed E-state index contributed by atoms with van der Waals surface area (Å²) in [5.41, 5.74) is 2.93. The number of pyridine rings is 1. The van der Waals surface area contributed by atoms with Crippen molar-refractivity contribution < 1.29 is 19.1 Å². The molecule has 1 aromatic carbocycles. The van der Waals surface area contributed by atoms with Crippen molar-refractivity contribution >= 4 is 11.7 Å². The highest BCUT2D eigenvalue weighted by Gasteiger charge is 2.32. The van der Waals surface area contributed by atoms with E-state index in [1.54, 1.807) is 39.6 Å². The first-order valence-electron chi connectivity index (χ1n) is 8.03. The molecule has 1 heterocycles. The number of rotatable bonds is 5. The Morgan fingerprint density at radius 1 is 1.28 bits per heavy atom. The smallest absolute Gasteiger partial charge is 0.252 e. The number of carbonyl (C=O) groups is 2. The molecule has 6 heteroatoms. The molecule has 0 saturated heterocycles. The number of Topliss-reactive ketones (excluding diaryl/α,β-unsaturated/α-hetero) is 1. The Morgan fingerprint density at radius 2 is 2.00 bits per heavy atom. The predicted molar refractivity (Wildman–Crippen MR) is 92.4 cm³/mol. The second-order valence-corrected chi connectivity index (χ2v) is 5.95. The fraction of sp³-hybridized carbons (Fsp3) is 0.316. The van der Waals surface area contributed by atoms with Gasteiger partial charge in [0.2, 0.25) is 0 Å². The van der Waals surface area contributed by atoms with Crippen LogP contribution < -0.4 is 14.8 Å². The topological polar surface area (TPSA) is 77.5 Å². The molecule has 1 aromatic heterocycles. The van der Waals surface area contributed by atoms with Crippen molar-refractivity contribution in [3.8, 4) is 11.5 Å². The van der Waals surface area contributed by atoms with Crippen LogP contribution in [0, 0.1) is 5.92 Å². The minimum Gasteiger partial charge on any atom is -0.493 e. The van der Waals surface area contributed by atoms with Crippen molar-refractivity contribution in [3.05, 3.63) is 52.8 Å². The van der Waals surface area contributed by atoms with E-state index in [0.29, 0.717) is 35.5 Å². The lowest BCUT2D eigenvalue weighted by Gasteiger charge is -2.11. The van der Waals surface area contributed by atoms with Gasteiger partial charge in [0.15, 0.2) is 17.3 Å². The van der Waals surface area contributed by atoms with Crippen molar-refractivity contribution in [1.29, 1.82) is 0 Å². The average Bonchev–Trinajstić information content (AvgIpc) is 2.95. The number of fused-ring (bicyclic) bond motifs is 1. The van der Waals surface area contributed by atoms with Crippen LogP contribution in [0.2, 0.25) is 0 Å². The van der Waals surface area contributed by atoms with Crippen LogP contribution in [0.5, 0.6) is 11.5 Å². The first-order chi connectivity index (χ1) is 12.1. The third-order valence-electron chi connectivity index (χ3n) is 4.56. The number of nitrogens with one attached hydrogen (secondary N) is 1. The van der Waals surface area contributed by atoms with Crippen LogP contribution in [0.25, 0.3) is 0 Å². The van der Waals surface area contributed by atoms with Gasteiger partial charge in [-0.3, -0.25) is 14.6 Å². The Hall–Kier alpha value is -2.89. The number of ketones is 1. The second-order valence-electron chi connectivity index (χ2n) is 5.95. The van der Waals surface area contributed by atoms with E-state index in [-0.39, 0.29) is 17.6 Å². The van der Waals surface area contributed by atoms with Crippen LogP contribution in [-0.2, 0) is 12.8 Å². The summed E-state index contributed by atoms with van der Waals surface area (Å²) in [5, 5.41) is 2.61. The molecule has 1 N–H and O–H groups in total. The SMILES string of the molecule is CNC(=O)c1cnccc1CC1Cc2cc(OC)c(OC)cc2C1=O. The third kappa shape index (κ3) is 3.07. The molecule has 0 fully saturated rings. The van der Waals surface area contributed by atoms with Crippen molar-refractivity contribution in [2.24, 2.45) is 5.92 Å². The highest BCUT2D eigenvalue weighted by molar-refractivity contribution is 6.03. The fourth-order valence-corrected chi connectivity index (χ4v) is 3.27. The molecule has 1 aliphatic rings. The number of ether oxygens (including phenoxy) is 2. The van der Waals surface area contributed by atoms with Crippen LogP contribution in [0.3, 0.4) is 0 Å². The maximum Gasteiger partial charge on any atom is 0.252 e. The molecule has 2 aromatic rings. The molecule has 130 valence electrons. The van der Waals surface area contributed by atoms with Gasteiger partial charge in [-0.2, -0.15) is 0 Å². The number of nitrogens with zero attached hydrogens (tertiary/aromatic N) is 1. The Kier molecular flexibility index (Phi) is 4.70. The predicted octanol–water partition coefficient (Wildman–Crippen LogP) is 2.06. The Bertz CT molecular complexity index is 832. The molecule has 1 aliphatic carbocycles. The van der Waals surface area contributed by atoms with Gasteiger partial charge >= 0.3 is 0 Å². The largest absolute Gasteiger partial charge is 0.493 e. The molecule has 1 amide bonds. The summed E-state index contributed by atoms with van der Waals surface area (Å²) in [4.78, 5) is 28.8. The Balaban J connectivity index is 1.89. The van der Waals surface area contributed by atoms with E-state index in [0.717, 1.165) is 11.1 Å². The van der Waals surface area contributed by atoms with E-state index in [1.807, 2.05) is 6.07 Å². The molecular weight excluding hydrogens is 320 g/mol. The lowest BCUT2D eigenvalue weighted by molar-refractivity contribution is 0.0928. The molecule has 25 heavy (non-hydrogen) atoms. The lowest BCUT2D eigenvalue weighted by Crippen LogP contribution is -2.21. The maximum absolute atomic E-state index is 12.8. The number of amides is 1. The zero-order valence-electron chi connectivity index (χ0n) is 14.5. The molecule has 0 radical (unpaired) electrons.